The SMILES string of the molecule is CC(O)(CNCc1cc(Cl)ccc1[N+](=O)[O-])c1ccco1. The van der Waals surface area contributed by atoms with E-state index in [2.05, 4.69) is 5.32 Å². The molecule has 7 heteroatoms. The molecule has 0 radical (unpaired) electrons. The second kappa shape index (κ2) is 6.26. The largest absolute Gasteiger partial charge is 0.466 e. The molecular weight excluding hydrogens is 296 g/mol. The zero-order valence-electron chi connectivity index (χ0n) is 11.4. The summed E-state index contributed by atoms with van der Waals surface area (Å²) in [5, 5.41) is 24.6. The number of aliphatic hydroxyl groups is 1. The van der Waals surface area contributed by atoms with Crippen molar-refractivity contribution in [2.45, 2.75) is 19.1 Å². The number of hydrogen-bond donors (Lipinski definition) is 2. The summed E-state index contributed by atoms with van der Waals surface area (Å²) in [4.78, 5) is 10.5. The van der Waals surface area contributed by atoms with Crippen molar-refractivity contribution in [1.82, 2.24) is 5.32 Å². The van der Waals surface area contributed by atoms with E-state index in [-0.39, 0.29) is 18.8 Å². The molecule has 0 saturated carbocycles. The molecule has 0 aliphatic rings. The van der Waals surface area contributed by atoms with Crippen LogP contribution >= 0.6 is 11.6 Å². The average Bonchev–Trinajstić information content (AvgIpc) is 2.92. The van der Waals surface area contributed by atoms with E-state index in [1.54, 1.807) is 19.1 Å². The van der Waals surface area contributed by atoms with Gasteiger partial charge in [0.05, 0.1) is 11.2 Å². The molecule has 1 atom stereocenters. The standard InChI is InChI=1S/C14H15ClN2O4/c1-14(18,13-3-2-6-21-13)9-16-8-10-7-11(15)4-5-12(10)17(19)20/h2-7,16,18H,8-9H2,1H3. The van der Waals surface area contributed by atoms with Crippen molar-refractivity contribution in [1.29, 1.82) is 0 Å². The Morgan fingerprint density at radius 2 is 2.24 bits per heavy atom. The normalized spacial score (nSPS) is 13.9. The fourth-order valence-electron chi connectivity index (χ4n) is 1.99. The highest BCUT2D eigenvalue weighted by atomic mass is 35.5. The van der Waals surface area contributed by atoms with Crippen LogP contribution in [0.4, 0.5) is 5.69 Å². The monoisotopic (exact) mass is 310 g/mol. The molecule has 21 heavy (non-hydrogen) atoms. The Hall–Kier alpha value is -1.89. The molecule has 1 unspecified atom stereocenters. The van der Waals surface area contributed by atoms with E-state index in [0.717, 1.165) is 0 Å². The summed E-state index contributed by atoms with van der Waals surface area (Å²) in [6, 6.07) is 7.73. The van der Waals surface area contributed by atoms with Crippen LogP contribution in [0.15, 0.2) is 41.0 Å². The summed E-state index contributed by atoms with van der Waals surface area (Å²) >= 11 is 5.86. The van der Waals surface area contributed by atoms with Gasteiger partial charge >= 0.3 is 0 Å². The number of nitro benzene ring substituents is 1. The number of furan rings is 1. The van der Waals surface area contributed by atoms with Crippen molar-refractivity contribution in [3.8, 4) is 0 Å². The molecule has 112 valence electrons. The Labute approximate surface area is 126 Å². The lowest BCUT2D eigenvalue weighted by Gasteiger charge is -2.21. The van der Waals surface area contributed by atoms with E-state index in [1.807, 2.05) is 0 Å². The number of benzene rings is 1. The van der Waals surface area contributed by atoms with Gasteiger partial charge in [0.15, 0.2) is 0 Å². The van der Waals surface area contributed by atoms with Crippen molar-refractivity contribution >= 4 is 17.3 Å². The first-order chi connectivity index (χ1) is 9.90. The fourth-order valence-corrected chi connectivity index (χ4v) is 2.18. The lowest BCUT2D eigenvalue weighted by Crippen LogP contribution is -2.34. The predicted octanol–water partition coefficient (Wildman–Crippen LogP) is 2.84. The van der Waals surface area contributed by atoms with Gasteiger partial charge in [-0.05, 0) is 31.2 Å². The van der Waals surface area contributed by atoms with Crippen LogP contribution in [-0.2, 0) is 12.1 Å². The molecule has 6 nitrogen and oxygen atoms in total. The summed E-state index contributed by atoms with van der Waals surface area (Å²) in [5.41, 5.74) is -0.746. The molecule has 0 spiro atoms. The van der Waals surface area contributed by atoms with Crippen molar-refractivity contribution in [2.75, 3.05) is 6.54 Å². The van der Waals surface area contributed by atoms with Gasteiger partial charge in [0.2, 0.25) is 0 Å². The maximum atomic E-state index is 11.0. The van der Waals surface area contributed by atoms with E-state index in [0.29, 0.717) is 16.3 Å². The van der Waals surface area contributed by atoms with E-state index in [1.165, 1.54) is 24.5 Å². The van der Waals surface area contributed by atoms with Crippen LogP contribution in [0.25, 0.3) is 0 Å². The molecule has 2 rings (SSSR count). The van der Waals surface area contributed by atoms with Gasteiger partial charge in [0.1, 0.15) is 11.4 Å². The zero-order chi connectivity index (χ0) is 15.5. The predicted molar refractivity (Wildman–Crippen MR) is 78.1 cm³/mol. The molecule has 0 amide bonds. The average molecular weight is 311 g/mol. The first-order valence-electron chi connectivity index (χ1n) is 6.30. The minimum absolute atomic E-state index is 0.00968. The van der Waals surface area contributed by atoms with Crippen LogP contribution in [0.3, 0.4) is 0 Å². The molecule has 0 aliphatic heterocycles. The first kappa shape index (κ1) is 15.5. The smallest absolute Gasteiger partial charge is 0.273 e. The topological polar surface area (TPSA) is 88.5 Å². The van der Waals surface area contributed by atoms with Gasteiger partial charge in [-0.15, -0.1) is 0 Å². The van der Waals surface area contributed by atoms with E-state index in [4.69, 9.17) is 16.0 Å². The van der Waals surface area contributed by atoms with Crippen LogP contribution in [-0.4, -0.2) is 16.6 Å². The summed E-state index contributed by atoms with van der Waals surface area (Å²) in [6.07, 6.45) is 1.48. The number of nitrogens with one attached hydrogen (secondary N) is 1. The molecule has 0 saturated heterocycles. The number of rotatable bonds is 6. The highest BCUT2D eigenvalue weighted by Crippen LogP contribution is 2.24. The second-order valence-electron chi connectivity index (χ2n) is 4.88. The minimum Gasteiger partial charge on any atom is -0.466 e. The lowest BCUT2D eigenvalue weighted by molar-refractivity contribution is -0.385. The van der Waals surface area contributed by atoms with E-state index < -0.39 is 10.5 Å². The Morgan fingerprint density at radius 1 is 1.48 bits per heavy atom. The first-order valence-corrected chi connectivity index (χ1v) is 6.68. The van der Waals surface area contributed by atoms with Gasteiger partial charge in [-0.1, -0.05) is 11.6 Å². The molecule has 1 aromatic carbocycles. The minimum atomic E-state index is -1.20. The second-order valence-corrected chi connectivity index (χ2v) is 5.32. The number of nitrogens with zero attached hydrogens (tertiary/aromatic N) is 1. The molecule has 1 heterocycles. The summed E-state index contributed by atoms with van der Waals surface area (Å²) in [6.45, 7) is 2.00. The Bertz CT molecular complexity index is 626. The van der Waals surface area contributed by atoms with E-state index in [9.17, 15) is 15.2 Å². The highest BCUT2D eigenvalue weighted by Gasteiger charge is 2.26. The van der Waals surface area contributed by atoms with Gasteiger partial charge < -0.3 is 14.8 Å². The maximum absolute atomic E-state index is 11.0. The maximum Gasteiger partial charge on any atom is 0.273 e. The molecule has 2 N–H and O–H groups in total. The van der Waals surface area contributed by atoms with Crippen molar-refractivity contribution in [2.24, 2.45) is 0 Å². The van der Waals surface area contributed by atoms with Crippen molar-refractivity contribution in [3.63, 3.8) is 0 Å². The number of halogens is 1. The van der Waals surface area contributed by atoms with Crippen LogP contribution < -0.4 is 5.32 Å². The van der Waals surface area contributed by atoms with Crippen LogP contribution in [0.5, 0.6) is 0 Å². The lowest BCUT2D eigenvalue weighted by atomic mass is 10.0. The summed E-state index contributed by atoms with van der Waals surface area (Å²) in [7, 11) is 0. The third-order valence-corrected chi connectivity index (χ3v) is 3.31. The quantitative estimate of drug-likeness (QED) is 0.632. The molecule has 0 fully saturated rings. The third-order valence-electron chi connectivity index (χ3n) is 3.07. The van der Waals surface area contributed by atoms with Gasteiger partial charge in [-0.25, -0.2) is 0 Å². The molecule has 2 aromatic rings. The molecule has 1 aromatic heterocycles. The van der Waals surface area contributed by atoms with E-state index >= 15 is 0 Å². The van der Waals surface area contributed by atoms with Crippen molar-refractivity contribution < 1.29 is 14.4 Å². The zero-order valence-corrected chi connectivity index (χ0v) is 12.1. The fraction of sp³-hybridized carbons (Fsp3) is 0.286. The van der Waals surface area contributed by atoms with Gasteiger partial charge in [-0.2, -0.15) is 0 Å². The number of nitro groups is 1. The Balaban J connectivity index is 2.04. The Morgan fingerprint density at radius 3 is 2.86 bits per heavy atom. The molecular formula is C14H15ClN2O4. The van der Waals surface area contributed by atoms with Gasteiger partial charge in [-0.3, -0.25) is 10.1 Å². The molecule has 0 bridgehead atoms. The summed E-state index contributed by atoms with van der Waals surface area (Å²) < 4.78 is 5.16. The third kappa shape index (κ3) is 3.81. The molecule has 0 aliphatic carbocycles. The van der Waals surface area contributed by atoms with Gasteiger partial charge in [0.25, 0.3) is 5.69 Å². The van der Waals surface area contributed by atoms with Crippen molar-refractivity contribution in [3.05, 3.63) is 63.1 Å². The summed E-state index contributed by atoms with van der Waals surface area (Å²) in [5.74, 6) is 0.426. The van der Waals surface area contributed by atoms with Crippen LogP contribution in [0.1, 0.15) is 18.2 Å². The van der Waals surface area contributed by atoms with Crippen LogP contribution in [0.2, 0.25) is 5.02 Å². The highest BCUT2D eigenvalue weighted by molar-refractivity contribution is 6.30. The van der Waals surface area contributed by atoms with Crippen LogP contribution in [0, 0.1) is 10.1 Å². The van der Waals surface area contributed by atoms with Gasteiger partial charge in [0, 0.05) is 29.7 Å². The Kier molecular flexibility index (Phi) is 4.62. The number of hydrogen-bond acceptors (Lipinski definition) is 5.